The highest BCUT2D eigenvalue weighted by atomic mass is 79.9. The van der Waals surface area contributed by atoms with Gasteiger partial charge < -0.3 is 17.0 Å². The second-order valence-electron chi connectivity index (χ2n) is 6.60. The molecule has 4 aromatic rings. The largest absolute Gasteiger partial charge is 1.00 e. The van der Waals surface area contributed by atoms with Gasteiger partial charge in [0.1, 0.15) is 23.2 Å². The highest BCUT2D eigenvalue weighted by Gasteiger charge is 2.45. The van der Waals surface area contributed by atoms with Gasteiger partial charge in [0.15, 0.2) is 0 Å². The predicted octanol–water partition coefficient (Wildman–Crippen LogP) is 2.84. The van der Waals surface area contributed by atoms with E-state index in [-0.39, 0.29) is 17.0 Å². The lowest BCUT2D eigenvalue weighted by Crippen LogP contribution is -3.00. The van der Waals surface area contributed by atoms with Gasteiger partial charge in [0, 0.05) is 5.02 Å². The van der Waals surface area contributed by atoms with Crippen LogP contribution in [0.15, 0.2) is 115 Å². The van der Waals surface area contributed by atoms with Gasteiger partial charge in [0.2, 0.25) is 0 Å². The first-order valence-corrected chi connectivity index (χ1v) is 11.4. The third-order valence-corrected chi connectivity index (χ3v) is 9.51. The van der Waals surface area contributed by atoms with E-state index in [1.807, 2.05) is 12.1 Å². The molecule has 0 spiro atoms. The molecule has 0 saturated carbocycles. The Morgan fingerprint density at radius 1 is 0.536 bits per heavy atom. The topological polar surface area (TPSA) is 0 Å². The Hall–Kier alpha value is -1.92. The monoisotopic (exact) mass is 466 g/mol. The second-order valence-corrected chi connectivity index (χ2v) is 10.5. The van der Waals surface area contributed by atoms with Crippen LogP contribution in [0.5, 0.6) is 0 Å². The smallest absolute Gasteiger partial charge is 0.116 e. The van der Waals surface area contributed by atoms with E-state index in [0.29, 0.717) is 0 Å². The maximum atomic E-state index is 6.32. The normalized spacial score (nSPS) is 10.9. The third-order valence-electron chi connectivity index (χ3n) is 4.90. The Morgan fingerprint density at radius 3 is 1.36 bits per heavy atom. The van der Waals surface area contributed by atoms with Crippen LogP contribution in [0.4, 0.5) is 0 Å². The molecule has 0 unspecified atom stereocenters. The lowest BCUT2D eigenvalue weighted by molar-refractivity contribution is -0.00000514. The van der Waals surface area contributed by atoms with Gasteiger partial charge in [-0.2, -0.15) is 0 Å². The Balaban J connectivity index is 0.00000225. The summed E-state index contributed by atoms with van der Waals surface area (Å²) in [6, 6.07) is 41.1. The fourth-order valence-electron chi connectivity index (χ4n) is 3.68. The van der Waals surface area contributed by atoms with Crippen molar-refractivity contribution in [2.45, 2.75) is 6.16 Å². The molecule has 28 heavy (non-hydrogen) atoms. The van der Waals surface area contributed by atoms with E-state index in [9.17, 15) is 0 Å². The number of hydrogen-bond acceptors (Lipinski definition) is 0. The van der Waals surface area contributed by atoms with Crippen molar-refractivity contribution in [3.63, 3.8) is 0 Å². The van der Waals surface area contributed by atoms with E-state index in [0.717, 1.165) is 11.2 Å². The summed E-state index contributed by atoms with van der Waals surface area (Å²) in [7, 11) is -1.85. The average Bonchev–Trinajstić information content (AvgIpc) is 2.74. The summed E-state index contributed by atoms with van der Waals surface area (Å²) < 4.78 is 0. The molecular formula is C25H21BrClP. The molecule has 4 aromatic carbocycles. The molecule has 0 aliphatic heterocycles. The van der Waals surface area contributed by atoms with Crippen molar-refractivity contribution in [2.24, 2.45) is 0 Å². The first-order chi connectivity index (χ1) is 13.3. The molecule has 0 aliphatic carbocycles. The Labute approximate surface area is 183 Å². The summed E-state index contributed by atoms with van der Waals surface area (Å²) in [6.45, 7) is 0. The molecule has 0 bridgehead atoms. The highest BCUT2D eigenvalue weighted by molar-refractivity contribution is 7.95. The standard InChI is InChI=1S/C25H21ClP.BrH/c26-22-12-10-11-21(19-22)20-27(23-13-4-1-5-14-23,24-15-6-2-7-16-24)25-17-8-3-9-18-25;/h1-19H,20H2;1H/q+1;/p-1. The Bertz CT molecular complexity index is 907. The summed E-state index contributed by atoms with van der Waals surface area (Å²) in [6.07, 6.45) is 0.950. The van der Waals surface area contributed by atoms with E-state index < -0.39 is 7.26 Å². The zero-order valence-electron chi connectivity index (χ0n) is 15.4. The summed E-state index contributed by atoms with van der Waals surface area (Å²) in [5.41, 5.74) is 1.27. The molecule has 0 radical (unpaired) electrons. The van der Waals surface area contributed by atoms with E-state index in [1.165, 1.54) is 21.5 Å². The number of rotatable bonds is 5. The first-order valence-electron chi connectivity index (χ1n) is 9.08. The van der Waals surface area contributed by atoms with Gasteiger partial charge in [-0.15, -0.1) is 0 Å². The molecule has 4 rings (SSSR count). The van der Waals surface area contributed by atoms with Crippen molar-refractivity contribution in [1.29, 1.82) is 0 Å². The molecular weight excluding hydrogens is 447 g/mol. The molecule has 3 heteroatoms. The summed E-state index contributed by atoms with van der Waals surface area (Å²) in [5, 5.41) is 4.96. The van der Waals surface area contributed by atoms with Crippen LogP contribution in [0.3, 0.4) is 0 Å². The van der Waals surface area contributed by atoms with Crippen LogP contribution in [0.25, 0.3) is 0 Å². The minimum Gasteiger partial charge on any atom is -1.00 e. The first kappa shape index (κ1) is 20.8. The van der Waals surface area contributed by atoms with E-state index in [2.05, 4.69) is 103 Å². The fraction of sp³-hybridized carbons (Fsp3) is 0.0400. The second kappa shape index (κ2) is 9.52. The van der Waals surface area contributed by atoms with Crippen molar-refractivity contribution in [1.82, 2.24) is 0 Å². The molecule has 0 amide bonds. The molecule has 0 atom stereocenters. The number of hydrogen-bond donors (Lipinski definition) is 0. The van der Waals surface area contributed by atoms with E-state index >= 15 is 0 Å². The van der Waals surface area contributed by atoms with Crippen molar-refractivity contribution < 1.29 is 17.0 Å². The van der Waals surface area contributed by atoms with Crippen LogP contribution >= 0.6 is 18.9 Å². The Morgan fingerprint density at radius 2 is 0.964 bits per heavy atom. The van der Waals surface area contributed by atoms with Crippen LogP contribution < -0.4 is 32.9 Å². The van der Waals surface area contributed by atoms with Crippen LogP contribution in [0.2, 0.25) is 5.02 Å². The maximum absolute atomic E-state index is 6.32. The van der Waals surface area contributed by atoms with Crippen LogP contribution in [0.1, 0.15) is 5.56 Å². The third kappa shape index (κ3) is 4.23. The summed E-state index contributed by atoms with van der Waals surface area (Å²) in [4.78, 5) is 0. The predicted molar refractivity (Wildman–Crippen MR) is 120 cm³/mol. The summed E-state index contributed by atoms with van der Waals surface area (Å²) >= 11 is 6.32. The van der Waals surface area contributed by atoms with Crippen LogP contribution in [0, 0.1) is 0 Å². The van der Waals surface area contributed by atoms with Crippen LogP contribution in [-0.4, -0.2) is 0 Å². The number of benzene rings is 4. The molecule has 0 aromatic heterocycles. The highest BCUT2D eigenvalue weighted by Crippen LogP contribution is 2.58. The average molecular weight is 468 g/mol. The summed E-state index contributed by atoms with van der Waals surface area (Å²) in [5.74, 6) is 0. The molecule has 0 aliphatic rings. The zero-order chi connectivity index (χ0) is 18.5. The fourth-order valence-corrected chi connectivity index (χ4v) is 8.12. The molecule has 0 saturated heterocycles. The SMILES string of the molecule is Clc1cccc(C[P+](c2ccccc2)(c2ccccc2)c2ccccc2)c1.[Br-]. The molecule has 0 fully saturated rings. The van der Waals surface area contributed by atoms with Crippen molar-refractivity contribution >= 4 is 34.8 Å². The van der Waals surface area contributed by atoms with E-state index in [4.69, 9.17) is 11.6 Å². The van der Waals surface area contributed by atoms with Crippen molar-refractivity contribution in [3.8, 4) is 0 Å². The molecule has 0 nitrogen and oxygen atoms in total. The Kier molecular flexibility index (Phi) is 7.08. The quantitative estimate of drug-likeness (QED) is 0.396. The van der Waals surface area contributed by atoms with Crippen LogP contribution in [-0.2, 0) is 6.16 Å². The lowest BCUT2D eigenvalue weighted by Gasteiger charge is -2.27. The van der Waals surface area contributed by atoms with Gasteiger partial charge in [-0.05, 0) is 54.1 Å². The van der Waals surface area contributed by atoms with Gasteiger partial charge in [-0.3, -0.25) is 0 Å². The van der Waals surface area contributed by atoms with E-state index in [1.54, 1.807) is 0 Å². The van der Waals surface area contributed by atoms with Gasteiger partial charge in [0.05, 0.1) is 6.16 Å². The molecule has 0 N–H and O–H groups in total. The number of halogens is 2. The maximum Gasteiger partial charge on any atom is 0.116 e. The minimum atomic E-state index is -1.85. The molecule has 140 valence electrons. The van der Waals surface area contributed by atoms with Gasteiger partial charge in [0.25, 0.3) is 0 Å². The van der Waals surface area contributed by atoms with Crippen molar-refractivity contribution in [2.75, 3.05) is 0 Å². The lowest BCUT2D eigenvalue weighted by atomic mass is 10.2. The van der Waals surface area contributed by atoms with Gasteiger partial charge in [-0.25, -0.2) is 0 Å². The molecule has 0 heterocycles. The van der Waals surface area contributed by atoms with Crippen molar-refractivity contribution in [3.05, 3.63) is 126 Å². The minimum absolute atomic E-state index is 0. The zero-order valence-corrected chi connectivity index (χ0v) is 18.6. The van der Waals surface area contributed by atoms with Gasteiger partial charge in [-0.1, -0.05) is 78.3 Å². The van der Waals surface area contributed by atoms with Gasteiger partial charge >= 0.3 is 0 Å².